The molecule has 2 heterocycles. The molecule has 0 aliphatic carbocycles. The van der Waals surface area contributed by atoms with Crippen LogP contribution in [0.3, 0.4) is 0 Å². The third kappa shape index (κ3) is 7.74. The van der Waals surface area contributed by atoms with Crippen molar-refractivity contribution in [2.24, 2.45) is 0 Å². The first-order valence-corrected chi connectivity index (χ1v) is 15.7. The molecule has 9 heteroatoms. The Morgan fingerprint density at radius 2 is 1.61 bits per heavy atom. The van der Waals surface area contributed by atoms with Crippen LogP contribution in [0.5, 0.6) is 5.75 Å². The molecular formula is C32H39NO7S. The van der Waals surface area contributed by atoms with E-state index < -0.39 is 10.1 Å². The fourth-order valence-electron chi connectivity index (χ4n) is 5.70. The molecule has 0 amide bonds. The van der Waals surface area contributed by atoms with Crippen LogP contribution < -0.4 is 4.74 Å². The summed E-state index contributed by atoms with van der Waals surface area (Å²) in [6.45, 7) is 7.57. The summed E-state index contributed by atoms with van der Waals surface area (Å²) < 4.78 is 55.8. The van der Waals surface area contributed by atoms with Gasteiger partial charge in [0.15, 0.2) is 0 Å². The zero-order valence-electron chi connectivity index (χ0n) is 23.6. The Morgan fingerprint density at radius 1 is 0.902 bits per heavy atom. The molecule has 3 aromatic carbocycles. The molecule has 0 aromatic heterocycles. The van der Waals surface area contributed by atoms with E-state index in [-0.39, 0.29) is 10.5 Å². The van der Waals surface area contributed by atoms with E-state index in [1.165, 1.54) is 22.8 Å². The highest BCUT2D eigenvalue weighted by Crippen LogP contribution is 2.44. The Hall–Kier alpha value is -2.79. The Labute approximate surface area is 242 Å². The van der Waals surface area contributed by atoms with Crippen molar-refractivity contribution in [3.8, 4) is 5.75 Å². The van der Waals surface area contributed by atoms with E-state index in [4.69, 9.17) is 18.9 Å². The molecule has 1 N–H and O–H groups in total. The summed E-state index contributed by atoms with van der Waals surface area (Å²) in [6, 6.07) is 21.7. The van der Waals surface area contributed by atoms with Crippen molar-refractivity contribution in [3.05, 3.63) is 94.5 Å². The molecule has 2 aliphatic heterocycles. The lowest BCUT2D eigenvalue weighted by atomic mass is 9.84. The summed E-state index contributed by atoms with van der Waals surface area (Å²) in [5.74, 6) is 0.815. The summed E-state index contributed by atoms with van der Waals surface area (Å²) >= 11 is 0. The second kappa shape index (κ2) is 13.5. The number of fused-ring (bicyclic) bond motifs is 2. The fraction of sp³-hybridized carbons (Fsp3) is 0.438. The highest BCUT2D eigenvalue weighted by molar-refractivity contribution is 7.85. The number of hydrogen-bond acceptors (Lipinski definition) is 7. The number of hydrogen-bond donors (Lipinski definition) is 1. The molecule has 0 unspecified atom stereocenters. The van der Waals surface area contributed by atoms with E-state index >= 15 is 0 Å². The van der Waals surface area contributed by atoms with Gasteiger partial charge in [-0.25, -0.2) is 0 Å². The predicted octanol–water partition coefficient (Wildman–Crippen LogP) is 4.92. The summed E-state index contributed by atoms with van der Waals surface area (Å²) in [7, 11) is -4.25. The van der Waals surface area contributed by atoms with Gasteiger partial charge < -0.3 is 18.9 Å². The zero-order chi connectivity index (χ0) is 28.7. The van der Waals surface area contributed by atoms with Gasteiger partial charge in [-0.05, 0) is 66.6 Å². The lowest BCUT2D eigenvalue weighted by Gasteiger charge is -2.39. The minimum atomic E-state index is -4.25. The molecule has 220 valence electrons. The Balaban J connectivity index is 0.941. The van der Waals surface area contributed by atoms with Crippen molar-refractivity contribution in [1.29, 1.82) is 0 Å². The van der Waals surface area contributed by atoms with Gasteiger partial charge in [0.1, 0.15) is 12.4 Å². The number of aryl methyl sites for hydroxylation is 1. The SMILES string of the molecule is Cc1ccc(S(=O)(=O)O)c(CCOCCOCCOc2ccc(CN3CCC4(CC3)OCc3ccccc34)cc2)c1. The molecule has 0 bridgehead atoms. The molecule has 5 rings (SSSR count). The first-order valence-electron chi connectivity index (χ1n) is 14.2. The third-order valence-electron chi connectivity index (χ3n) is 7.88. The van der Waals surface area contributed by atoms with Gasteiger partial charge >= 0.3 is 0 Å². The predicted molar refractivity (Wildman–Crippen MR) is 156 cm³/mol. The van der Waals surface area contributed by atoms with Crippen LogP contribution in [0.1, 0.15) is 40.7 Å². The van der Waals surface area contributed by atoms with E-state index in [0.29, 0.717) is 45.0 Å². The molecule has 0 radical (unpaired) electrons. The Bertz CT molecular complexity index is 1400. The van der Waals surface area contributed by atoms with E-state index in [9.17, 15) is 13.0 Å². The van der Waals surface area contributed by atoms with E-state index in [0.717, 1.165) is 50.4 Å². The van der Waals surface area contributed by atoms with Crippen molar-refractivity contribution in [2.45, 2.75) is 49.8 Å². The second-order valence-electron chi connectivity index (χ2n) is 10.8. The number of likely N-dealkylation sites (tertiary alicyclic amines) is 1. The van der Waals surface area contributed by atoms with Crippen LogP contribution in [0.4, 0.5) is 0 Å². The number of ether oxygens (including phenoxy) is 4. The Morgan fingerprint density at radius 3 is 2.37 bits per heavy atom. The van der Waals surface area contributed by atoms with Crippen LogP contribution >= 0.6 is 0 Å². The number of nitrogens with zero attached hydrogens (tertiary/aromatic N) is 1. The van der Waals surface area contributed by atoms with Gasteiger partial charge in [0.25, 0.3) is 10.1 Å². The van der Waals surface area contributed by atoms with Crippen LogP contribution in [0.25, 0.3) is 0 Å². The molecule has 1 spiro atoms. The summed E-state index contributed by atoms with van der Waals surface area (Å²) in [5, 5.41) is 0. The third-order valence-corrected chi connectivity index (χ3v) is 8.84. The molecule has 1 saturated heterocycles. The smallest absolute Gasteiger partial charge is 0.294 e. The molecular weight excluding hydrogens is 542 g/mol. The quantitative estimate of drug-likeness (QED) is 0.225. The van der Waals surface area contributed by atoms with Crippen molar-refractivity contribution in [2.75, 3.05) is 46.1 Å². The fourth-order valence-corrected chi connectivity index (χ4v) is 6.43. The maximum Gasteiger partial charge on any atom is 0.294 e. The highest BCUT2D eigenvalue weighted by Gasteiger charge is 2.42. The van der Waals surface area contributed by atoms with Gasteiger partial charge in [-0.15, -0.1) is 0 Å². The van der Waals surface area contributed by atoms with E-state index in [1.807, 2.05) is 19.1 Å². The monoisotopic (exact) mass is 581 g/mol. The summed E-state index contributed by atoms with van der Waals surface area (Å²) in [5.41, 5.74) is 5.35. The molecule has 2 aliphatic rings. The Kier molecular flexibility index (Phi) is 9.75. The van der Waals surface area contributed by atoms with Gasteiger partial charge in [0.05, 0.1) is 43.5 Å². The minimum Gasteiger partial charge on any atom is -0.491 e. The minimum absolute atomic E-state index is 0.0709. The van der Waals surface area contributed by atoms with Crippen LogP contribution in [-0.2, 0) is 49.5 Å². The van der Waals surface area contributed by atoms with Gasteiger partial charge in [0.2, 0.25) is 0 Å². The van der Waals surface area contributed by atoms with Crippen molar-refractivity contribution < 1.29 is 31.9 Å². The highest BCUT2D eigenvalue weighted by atomic mass is 32.2. The van der Waals surface area contributed by atoms with Crippen LogP contribution in [-0.4, -0.2) is 64.0 Å². The van der Waals surface area contributed by atoms with E-state index in [2.05, 4.69) is 41.3 Å². The number of benzene rings is 3. The van der Waals surface area contributed by atoms with Gasteiger partial charge in [0, 0.05) is 19.6 Å². The standard InChI is InChI=1S/C32H39NO7S/c1-25-6-11-31(41(34,35)36)27(22-25)12-17-37-18-19-38-20-21-39-29-9-7-26(8-10-29)23-33-15-13-32(14-16-33)30-5-3-2-4-28(30)24-40-32/h2-11,22H,12-21,23-24H2,1H3,(H,34,35,36). The first-order chi connectivity index (χ1) is 19.8. The molecule has 3 aromatic rings. The van der Waals surface area contributed by atoms with Crippen LogP contribution in [0.2, 0.25) is 0 Å². The number of rotatable bonds is 13. The normalized spacial score (nSPS) is 16.6. The molecule has 8 nitrogen and oxygen atoms in total. The molecule has 0 atom stereocenters. The van der Waals surface area contributed by atoms with Gasteiger partial charge in [-0.1, -0.05) is 54.1 Å². The van der Waals surface area contributed by atoms with E-state index in [1.54, 1.807) is 12.1 Å². The first kappa shape index (κ1) is 29.7. The lowest BCUT2D eigenvalue weighted by Crippen LogP contribution is -2.42. The molecule has 1 fully saturated rings. The average molecular weight is 582 g/mol. The van der Waals surface area contributed by atoms with Gasteiger partial charge in [-0.3, -0.25) is 9.45 Å². The zero-order valence-corrected chi connectivity index (χ0v) is 24.4. The maximum atomic E-state index is 11.5. The maximum absolute atomic E-state index is 11.5. The van der Waals surface area contributed by atoms with Crippen LogP contribution in [0.15, 0.2) is 71.6 Å². The van der Waals surface area contributed by atoms with Crippen molar-refractivity contribution in [1.82, 2.24) is 4.90 Å². The van der Waals surface area contributed by atoms with Crippen molar-refractivity contribution >= 4 is 10.1 Å². The summed E-state index contributed by atoms with van der Waals surface area (Å²) in [4.78, 5) is 2.42. The molecule has 41 heavy (non-hydrogen) atoms. The average Bonchev–Trinajstić information content (AvgIpc) is 3.31. The summed E-state index contributed by atoms with van der Waals surface area (Å²) in [6.07, 6.45) is 2.44. The number of piperidine rings is 1. The van der Waals surface area contributed by atoms with Crippen LogP contribution in [0, 0.1) is 6.92 Å². The second-order valence-corrected chi connectivity index (χ2v) is 12.2. The van der Waals surface area contributed by atoms with Gasteiger partial charge in [-0.2, -0.15) is 8.42 Å². The largest absolute Gasteiger partial charge is 0.491 e. The molecule has 0 saturated carbocycles. The topological polar surface area (TPSA) is 94.5 Å². The van der Waals surface area contributed by atoms with Crippen molar-refractivity contribution in [3.63, 3.8) is 0 Å². The lowest BCUT2D eigenvalue weighted by molar-refractivity contribution is -0.0799.